The van der Waals surface area contributed by atoms with Gasteiger partial charge in [-0.2, -0.15) is 0 Å². The number of anilines is 1. The summed E-state index contributed by atoms with van der Waals surface area (Å²) < 4.78 is 2.92. The topological polar surface area (TPSA) is 73.1 Å². The number of hydrogen-bond donors (Lipinski definition) is 1. The van der Waals surface area contributed by atoms with Crippen molar-refractivity contribution in [3.63, 3.8) is 0 Å². The quantitative estimate of drug-likeness (QED) is 0.481. The molecule has 0 fully saturated rings. The van der Waals surface area contributed by atoms with Crippen LogP contribution in [0.5, 0.6) is 0 Å². The van der Waals surface area contributed by atoms with E-state index in [1.807, 2.05) is 37.4 Å². The molecule has 0 aliphatic heterocycles. The average Bonchev–Trinajstić information content (AvgIpc) is 3.22. The van der Waals surface area contributed by atoms with Crippen molar-refractivity contribution in [3.8, 4) is 5.69 Å². The van der Waals surface area contributed by atoms with Gasteiger partial charge >= 0.3 is 5.69 Å². The number of carbonyl (C=O) groups is 1. The maximum Gasteiger partial charge on any atom is 0.336 e. The molecule has 2 aromatic carbocycles. The lowest BCUT2D eigenvalue weighted by molar-refractivity contribution is -0.116. The van der Waals surface area contributed by atoms with Crippen LogP contribution in [0.2, 0.25) is 0 Å². The zero-order chi connectivity index (χ0) is 21.3. The van der Waals surface area contributed by atoms with Gasteiger partial charge in [0.1, 0.15) is 11.2 Å². The first-order valence-electron chi connectivity index (χ1n) is 9.22. The SMILES string of the molecule is CSc1cccc(NC(=O)Cn2c(=O)n(-c3cccc(C)c3)c(=O)c3sccc32)c1. The fraction of sp³-hybridized carbons (Fsp3) is 0.136. The van der Waals surface area contributed by atoms with E-state index in [2.05, 4.69) is 5.32 Å². The van der Waals surface area contributed by atoms with Crippen LogP contribution < -0.4 is 16.6 Å². The molecule has 0 aliphatic carbocycles. The summed E-state index contributed by atoms with van der Waals surface area (Å²) in [7, 11) is 0. The van der Waals surface area contributed by atoms with Gasteiger partial charge in [0, 0.05) is 10.6 Å². The van der Waals surface area contributed by atoms with Crippen molar-refractivity contribution in [1.29, 1.82) is 0 Å². The summed E-state index contributed by atoms with van der Waals surface area (Å²) in [5.74, 6) is -0.336. The first-order chi connectivity index (χ1) is 14.5. The summed E-state index contributed by atoms with van der Waals surface area (Å²) in [6.45, 7) is 1.70. The Labute approximate surface area is 180 Å². The van der Waals surface area contributed by atoms with Gasteiger partial charge < -0.3 is 5.32 Å². The minimum Gasteiger partial charge on any atom is -0.324 e. The highest BCUT2D eigenvalue weighted by molar-refractivity contribution is 7.98. The van der Waals surface area contributed by atoms with E-state index in [1.54, 1.807) is 47.5 Å². The van der Waals surface area contributed by atoms with Gasteiger partial charge in [0.2, 0.25) is 5.91 Å². The second kappa shape index (κ2) is 8.33. The molecule has 2 heterocycles. The second-order valence-corrected chi connectivity index (χ2v) is 8.56. The third kappa shape index (κ3) is 3.83. The lowest BCUT2D eigenvalue weighted by atomic mass is 10.2. The number of benzene rings is 2. The zero-order valence-electron chi connectivity index (χ0n) is 16.4. The smallest absolute Gasteiger partial charge is 0.324 e. The Morgan fingerprint density at radius 2 is 1.90 bits per heavy atom. The maximum atomic E-state index is 13.2. The fourth-order valence-electron chi connectivity index (χ4n) is 3.28. The Bertz CT molecular complexity index is 1370. The summed E-state index contributed by atoms with van der Waals surface area (Å²) >= 11 is 2.84. The molecule has 1 amide bonds. The zero-order valence-corrected chi connectivity index (χ0v) is 18.0. The Balaban J connectivity index is 1.77. The number of nitrogens with zero attached hydrogens (tertiary/aromatic N) is 2. The van der Waals surface area contributed by atoms with Gasteiger partial charge in [-0.05, 0) is 60.5 Å². The van der Waals surface area contributed by atoms with Crippen LogP contribution >= 0.6 is 23.1 Å². The fourth-order valence-corrected chi connectivity index (χ4v) is 4.56. The Hall–Kier alpha value is -3.10. The lowest BCUT2D eigenvalue weighted by Crippen LogP contribution is -2.40. The van der Waals surface area contributed by atoms with Crippen molar-refractivity contribution in [1.82, 2.24) is 9.13 Å². The molecule has 30 heavy (non-hydrogen) atoms. The van der Waals surface area contributed by atoms with E-state index < -0.39 is 5.69 Å². The van der Waals surface area contributed by atoms with Crippen LogP contribution in [0.3, 0.4) is 0 Å². The molecular formula is C22H19N3O3S2. The average molecular weight is 438 g/mol. The molecule has 1 N–H and O–H groups in total. The van der Waals surface area contributed by atoms with E-state index >= 15 is 0 Å². The second-order valence-electron chi connectivity index (χ2n) is 6.76. The van der Waals surface area contributed by atoms with Crippen LogP contribution in [0.25, 0.3) is 15.9 Å². The number of rotatable bonds is 5. The minimum atomic E-state index is -0.537. The monoisotopic (exact) mass is 437 g/mol. The predicted molar refractivity (Wildman–Crippen MR) is 123 cm³/mol. The summed E-state index contributed by atoms with van der Waals surface area (Å²) in [6.07, 6.45) is 1.96. The number of thioether (sulfide) groups is 1. The van der Waals surface area contributed by atoms with Crippen LogP contribution in [0.15, 0.2) is 74.5 Å². The van der Waals surface area contributed by atoms with Gasteiger partial charge in [-0.25, -0.2) is 9.36 Å². The minimum absolute atomic E-state index is 0.193. The number of nitrogens with one attached hydrogen (secondary N) is 1. The molecule has 4 aromatic rings. The third-order valence-corrected chi connectivity index (χ3v) is 6.29. The highest BCUT2D eigenvalue weighted by Gasteiger charge is 2.17. The van der Waals surface area contributed by atoms with E-state index in [0.717, 1.165) is 15.0 Å². The number of carbonyl (C=O) groups excluding carboxylic acids is 1. The largest absolute Gasteiger partial charge is 0.336 e. The molecule has 0 bridgehead atoms. The summed E-state index contributed by atoms with van der Waals surface area (Å²) in [5, 5.41) is 4.59. The lowest BCUT2D eigenvalue weighted by Gasteiger charge is -2.13. The molecule has 0 aliphatic rings. The van der Waals surface area contributed by atoms with E-state index in [9.17, 15) is 14.4 Å². The number of thiophene rings is 1. The Morgan fingerprint density at radius 3 is 2.67 bits per heavy atom. The van der Waals surface area contributed by atoms with Crippen molar-refractivity contribution in [2.75, 3.05) is 11.6 Å². The molecule has 2 aromatic heterocycles. The van der Waals surface area contributed by atoms with Gasteiger partial charge in [0.15, 0.2) is 0 Å². The highest BCUT2D eigenvalue weighted by Crippen LogP contribution is 2.20. The van der Waals surface area contributed by atoms with Crippen molar-refractivity contribution >= 4 is 44.9 Å². The number of aryl methyl sites for hydroxylation is 1. The number of fused-ring (bicyclic) bond motifs is 1. The van der Waals surface area contributed by atoms with Gasteiger partial charge in [-0.1, -0.05) is 18.2 Å². The van der Waals surface area contributed by atoms with Crippen LogP contribution in [0, 0.1) is 6.92 Å². The van der Waals surface area contributed by atoms with Gasteiger partial charge in [0.25, 0.3) is 5.56 Å². The van der Waals surface area contributed by atoms with Crippen molar-refractivity contribution < 1.29 is 4.79 Å². The van der Waals surface area contributed by atoms with Crippen molar-refractivity contribution in [2.45, 2.75) is 18.4 Å². The van der Waals surface area contributed by atoms with Gasteiger partial charge in [0.05, 0.1) is 11.2 Å². The van der Waals surface area contributed by atoms with Crippen LogP contribution in [0.1, 0.15) is 5.56 Å². The maximum absolute atomic E-state index is 13.2. The third-order valence-electron chi connectivity index (χ3n) is 4.67. The van der Waals surface area contributed by atoms with E-state index in [1.165, 1.54) is 15.9 Å². The standard InChI is InChI=1S/C22H19N3O3S2/c1-14-5-3-7-16(11-14)25-21(27)20-18(9-10-30-20)24(22(25)28)13-19(26)23-15-6-4-8-17(12-15)29-2/h3-12H,13H2,1-2H3,(H,23,26). The summed E-state index contributed by atoms with van der Waals surface area (Å²) in [4.78, 5) is 40.0. The molecule has 0 saturated carbocycles. The van der Waals surface area contributed by atoms with Crippen molar-refractivity contribution in [2.24, 2.45) is 0 Å². The Morgan fingerprint density at radius 1 is 1.10 bits per heavy atom. The molecule has 0 saturated heterocycles. The van der Waals surface area contributed by atoms with Gasteiger partial charge in [-0.3, -0.25) is 14.2 Å². The summed E-state index contributed by atoms with van der Waals surface area (Å²) in [6, 6.07) is 16.4. The van der Waals surface area contributed by atoms with E-state index in [4.69, 9.17) is 0 Å². The van der Waals surface area contributed by atoms with E-state index in [-0.39, 0.29) is 18.0 Å². The van der Waals surface area contributed by atoms with Crippen molar-refractivity contribution in [3.05, 3.63) is 86.4 Å². The number of aromatic nitrogens is 2. The normalized spacial score (nSPS) is 11.0. The molecule has 0 spiro atoms. The highest BCUT2D eigenvalue weighted by atomic mass is 32.2. The van der Waals surface area contributed by atoms with Crippen LogP contribution in [-0.2, 0) is 11.3 Å². The van der Waals surface area contributed by atoms with E-state index in [0.29, 0.717) is 21.6 Å². The van der Waals surface area contributed by atoms with Gasteiger partial charge in [-0.15, -0.1) is 23.1 Å². The molecule has 4 rings (SSSR count). The number of amides is 1. The first kappa shape index (κ1) is 20.2. The van der Waals surface area contributed by atoms with Crippen LogP contribution in [-0.4, -0.2) is 21.3 Å². The molecule has 152 valence electrons. The Kier molecular flexibility index (Phi) is 5.61. The molecule has 6 nitrogen and oxygen atoms in total. The molecule has 0 radical (unpaired) electrons. The molecule has 0 atom stereocenters. The number of hydrogen-bond acceptors (Lipinski definition) is 5. The first-order valence-corrected chi connectivity index (χ1v) is 11.3. The predicted octanol–water partition coefficient (Wildman–Crippen LogP) is 3.88. The molecular weight excluding hydrogens is 418 g/mol. The van der Waals surface area contributed by atoms with Crippen LogP contribution in [0.4, 0.5) is 5.69 Å². The molecule has 8 heteroatoms. The molecule has 0 unspecified atom stereocenters. The summed E-state index contributed by atoms with van der Waals surface area (Å²) in [5.41, 5.74) is 1.63.